The SMILES string of the molecule is Fc1ccc(NC2CCOc3c(Cl)cc(Cl)cc32)cc1Cl. The fourth-order valence-corrected chi connectivity index (χ4v) is 3.11. The second-order valence-electron chi connectivity index (χ2n) is 4.77. The average Bonchev–Trinajstić information content (AvgIpc) is 2.44. The van der Waals surface area contributed by atoms with Crippen LogP contribution in [0, 0.1) is 5.82 Å². The first kappa shape index (κ1) is 14.8. The number of nitrogens with one attached hydrogen (secondary N) is 1. The van der Waals surface area contributed by atoms with Gasteiger partial charge in [0.1, 0.15) is 11.6 Å². The Kier molecular flexibility index (Phi) is 4.16. The zero-order valence-electron chi connectivity index (χ0n) is 10.8. The summed E-state index contributed by atoms with van der Waals surface area (Å²) in [6.45, 7) is 0.543. The van der Waals surface area contributed by atoms with Crippen molar-refractivity contribution < 1.29 is 9.13 Å². The van der Waals surface area contributed by atoms with E-state index in [4.69, 9.17) is 39.5 Å². The lowest BCUT2D eigenvalue weighted by atomic mass is 10.00. The monoisotopic (exact) mass is 345 g/mol. The van der Waals surface area contributed by atoms with Crippen LogP contribution in [0.25, 0.3) is 0 Å². The van der Waals surface area contributed by atoms with E-state index in [1.807, 2.05) is 6.07 Å². The zero-order valence-corrected chi connectivity index (χ0v) is 13.1. The third kappa shape index (κ3) is 3.05. The Morgan fingerprint density at radius 1 is 1.10 bits per heavy atom. The van der Waals surface area contributed by atoms with Gasteiger partial charge in [-0.1, -0.05) is 34.8 Å². The van der Waals surface area contributed by atoms with Gasteiger partial charge in [-0.2, -0.15) is 0 Å². The number of benzene rings is 2. The van der Waals surface area contributed by atoms with Crippen LogP contribution in [-0.4, -0.2) is 6.61 Å². The fourth-order valence-electron chi connectivity index (χ4n) is 2.36. The molecule has 2 aromatic rings. The first-order valence-electron chi connectivity index (χ1n) is 6.38. The maximum absolute atomic E-state index is 13.2. The van der Waals surface area contributed by atoms with Gasteiger partial charge in [-0.25, -0.2) is 4.39 Å². The summed E-state index contributed by atoms with van der Waals surface area (Å²) in [5.74, 6) is 0.193. The molecule has 1 unspecified atom stereocenters. The van der Waals surface area contributed by atoms with Crippen molar-refractivity contribution in [2.75, 3.05) is 11.9 Å². The van der Waals surface area contributed by atoms with E-state index in [1.54, 1.807) is 18.2 Å². The molecule has 0 amide bonds. The van der Waals surface area contributed by atoms with Gasteiger partial charge in [0.25, 0.3) is 0 Å². The number of fused-ring (bicyclic) bond motifs is 1. The van der Waals surface area contributed by atoms with Crippen LogP contribution in [0.1, 0.15) is 18.0 Å². The largest absolute Gasteiger partial charge is 0.492 e. The van der Waals surface area contributed by atoms with Crippen molar-refractivity contribution in [3.63, 3.8) is 0 Å². The van der Waals surface area contributed by atoms with E-state index in [-0.39, 0.29) is 11.1 Å². The summed E-state index contributed by atoms with van der Waals surface area (Å²) in [7, 11) is 0. The third-order valence-electron chi connectivity index (χ3n) is 3.33. The third-order valence-corrected chi connectivity index (χ3v) is 4.11. The normalized spacial score (nSPS) is 17.0. The molecule has 2 nitrogen and oxygen atoms in total. The van der Waals surface area contributed by atoms with Gasteiger partial charge in [-0.3, -0.25) is 0 Å². The molecule has 110 valence electrons. The van der Waals surface area contributed by atoms with Crippen molar-refractivity contribution in [2.24, 2.45) is 0 Å². The maximum Gasteiger partial charge on any atom is 0.143 e. The molecule has 0 fully saturated rings. The van der Waals surface area contributed by atoms with Crippen LogP contribution in [0.4, 0.5) is 10.1 Å². The van der Waals surface area contributed by atoms with Gasteiger partial charge >= 0.3 is 0 Å². The molecule has 0 aliphatic carbocycles. The van der Waals surface area contributed by atoms with E-state index in [1.165, 1.54) is 6.07 Å². The molecule has 0 saturated carbocycles. The first-order valence-corrected chi connectivity index (χ1v) is 7.51. The van der Waals surface area contributed by atoms with E-state index in [9.17, 15) is 4.39 Å². The van der Waals surface area contributed by atoms with Crippen LogP contribution in [0.2, 0.25) is 15.1 Å². The number of hydrogen-bond donors (Lipinski definition) is 1. The molecule has 1 aliphatic rings. The van der Waals surface area contributed by atoms with E-state index in [2.05, 4.69) is 5.32 Å². The molecule has 0 bridgehead atoms. The van der Waals surface area contributed by atoms with Gasteiger partial charge < -0.3 is 10.1 Å². The Morgan fingerprint density at radius 3 is 2.67 bits per heavy atom. The van der Waals surface area contributed by atoms with Crippen molar-refractivity contribution in [3.05, 3.63) is 56.8 Å². The lowest BCUT2D eigenvalue weighted by Gasteiger charge is -2.28. The molecule has 1 aliphatic heterocycles. The van der Waals surface area contributed by atoms with Crippen LogP contribution >= 0.6 is 34.8 Å². The second kappa shape index (κ2) is 5.91. The van der Waals surface area contributed by atoms with Crippen LogP contribution in [0.3, 0.4) is 0 Å². The summed E-state index contributed by atoms with van der Waals surface area (Å²) in [5, 5.41) is 4.43. The van der Waals surface area contributed by atoms with Gasteiger partial charge in [-0.15, -0.1) is 0 Å². The fraction of sp³-hybridized carbons (Fsp3) is 0.200. The Morgan fingerprint density at radius 2 is 1.90 bits per heavy atom. The Hall–Kier alpha value is -1.16. The van der Waals surface area contributed by atoms with Crippen molar-refractivity contribution in [1.29, 1.82) is 0 Å². The molecular formula is C15H11Cl3FNO. The predicted octanol–water partition coefficient (Wildman–Crippen LogP) is 5.72. The predicted molar refractivity (Wildman–Crippen MR) is 84.3 cm³/mol. The van der Waals surface area contributed by atoms with E-state index >= 15 is 0 Å². The lowest BCUT2D eigenvalue weighted by Crippen LogP contribution is -2.20. The van der Waals surface area contributed by atoms with Gasteiger partial charge in [0.2, 0.25) is 0 Å². The van der Waals surface area contributed by atoms with Crippen LogP contribution in [0.5, 0.6) is 5.75 Å². The standard InChI is InChI=1S/C15H11Cl3FNO/c16-8-5-10-14(3-4-21-15(10)12(18)6-8)20-9-1-2-13(19)11(17)7-9/h1-2,5-7,14,20H,3-4H2. The van der Waals surface area contributed by atoms with Crippen molar-refractivity contribution in [3.8, 4) is 5.75 Å². The average molecular weight is 347 g/mol. The smallest absolute Gasteiger partial charge is 0.143 e. The van der Waals surface area contributed by atoms with Crippen molar-refractivity contribution >= 4 is 40.5 Å². The second-order valence-corrected chi connectivity index (χ2v) is 6.02. The first-order chi connectivity index (χ1) is 10.0. The molecular weight excluding hydrogens is 336 g/mol. The van der Waals surface area contributed by atoms with Crippen molar-refractivity contribution in [2.45, 2.75) is 12.5 Å². The Labute approximate surface area is 136 Å². The molecule has 0 radical (unpaired) electrons. The summed E-state index contributed by atoms with van der Waals surface area (Å²) < 4.78 is 18.8. The highest BCUT2D eigenvalue weighted by Gasteiger charge is 2.24. The van der Waals surface area contributed by atoms with Crippen molar-refractivity contribution in [1.82, 2.24) is 0 Å². The highest BCUT2D eigenvalue weighted by atomic mass is 35.5. The van der Waals surface area contributed by atoms with Crippen LogP contribution < -0.4 is 10.1 Å². The maximum atomic E-state index is 13.2. The summed E-state index contributed by atoms with van der Waals surface area (Å²) >= 11 is 18.0. The van der Waals surface area contributed by atoms with Gasteiger partial charge in [0.15, 0.2) is 0 Å². The van der Waals surface area contributed by atoms with Crippen LogP contribution in [-0.2, 0) is 0 Å². The minimum atomic E-state index is -0.444. The van der Waals surface area contributed by atoms with E-state index in [0.717, 1.165) is 17.7 Å². The number of anilines is 1. The van der Waals surface area contributed by atoms with Gasteiger partial charge in [0, 0.05) is 22.7 Å². The molecule has 1 N–H and O–H groups in total. The summed E-state index contributed by atoms with van der Waals surface area (Å²) in [6.07, 6.45) is 0.749. The topological polar surface area (TPSA) is 21.3 Å². The van der Waals surface area contributed by atoms with E-state index in [0.29, 0.717) is 22.4 Å². The lowest BCUT2D eigenvalue weighted by molar-refractivity contribution is 0.274. The molecule has 21 heavy (non-hydrogen) atoms. The Balaban J connectivity index is 1.93. The molecule has 0 saturated heterocycles. The minimum Gasteiger partial charge on any atom is -0.492 e. The number of rotatable bonds is 2. The molecule has 1 atom stereocenters. The molecule has 6 heteroatoms. The zero-order chi connectivity index (χ0) is 15.0. The van der Waals surface area contributed by atoms with Gasteiger partial charge in [0.05, 0.1) is 22.7 Å². The highest BCUT2D eigenvalue weighted by Crippen LogP contribution is 2.41. The highest BCUT2D eigenvalue weighted by molar-refractivity contribution is 6.35. The van der Waals surface area contributed by atoms with Gasteiger partial charge in [-0.05, 0) is 30.3 Å². The molecule has 0 spiro atoms. The molecule has 1 heterocycles. The Bertz CT molecular complexity index is 693. The quantitative estimate of drug-likeness (QED) is 0.750. The summed E-state index contributed by atoms with van der Waals surface area (Å²) in [6, 6.07) is 7.98. The van der Waals surface area contributed by atoms with E-state index < -0.39 is 5.82 Å². The molecule has 3 rings (SSSR count). The number of halogens is 4. The molecule has 2 aromatic carbocycles. The minimum absolute atomic E-state index is 0.0218. The molecule has 0 aromatic heterocycles. The number of hydrogen-bond acceptors (Lipinski definition) is 2. The van der Waals surface area contributed by atoms with Crippen LogP contribution in [0.15, 0.2) is 30.3 Å². The summed E-state index contributed by atoms with van der Waals surface area (Å²) in [5.41, 5.74) is 1.62. The summed E-state index contributed by atoms with van der Waals surface area (Å²) in [4.78, 5) is 0. The number of ether oxygens (including phenoxy) is 1.